The summed E-state index contributed by atoms with van der Waals surface area (Å²) in [7, 11) is 0. The van der Waals surface area contributed by atoms with Crippen LogP contribution in [0, 0.1) is 5.41 Å². The molecule has 1 aliphatic heterocycles. The van der Waals surface area contributed by atoms with E-state index < -0.39 is 12.0 Å². The number of hydrogen-bond donors (Lipinski definition) is 3. The number of aliphatic carboxylic acids is 1. The Morgan fingerprint density at radius 1 is 1.38 bits per heavy atom. The molecule has 5 heteroatoms. The Labute approximate surface area is 124 Å². The van der Waals surface area contributed by atoms with Crippen LogP contribution in [0.15, 0.2) is 24.3 Å². The van der Waals surface area contributed by atoms with Crippen molar-refractivity contribution in [3.8, 4) is 0 Å². The van der Waals surface area contributed by atoms with Crippen molar-refractivity contribution in [3.63, 3.8) is 0 Å². The van der Waals surface area contributed by atoms with Gasteiger partial charge in [0.2, 0.25) is 5.91 Å². The van der Waals surface area contributed by atoms with Crippen LogP contribution < -0.4 is 10.6 Å². The van der Waals surface area contributed by atoms with Gasteiger partial charge in [0.1, 0.15) is 0 Å². The average molecular weight is 290 g/mol. The van der Waals surface area contributed by atoms with Crippen molar-refractivity contribution >= 4 is 17.6 Å². The Balaban J connectivity index is 2.12. The third kappa shape index (κ3) is 3.54. The average Bonchev–Trinajstić information content (AvgIpc) is 2.80. The first-order valence-electron chi connectivity index (χ1n) is 7.14. The van der Waals surface area contributed by atoms with Gasteiger partial charge in [-0.3, -0.25) is 9.59 Å². The molecule has 114 valence electrons. The summed E-state index contributed by atoms with van der Waals surface area (Å²) in [6, 6.07) is 7.32. The van der Waals surface area contributed by atoms with Crippen LogP contribution in [0.2, 0.25) is 0 Å². The number of benzene rings is 1. The zero-order valence-corrected chi connectivity index (χ0v) is 12.6. The predicted molar refractivity (Wildman–Crippen MR) is 81.3 cm³/mol. The Kier molecular flexibility index (Phi) is 4.21. The molecular formula is C16H22N2O3. The molecule has 1 heterocycles. The summed E-state index contributed by atoms with van der Waals surface area (Å²) in [6.07, 6.45) is -0.0724. The van der Waals surface area contributed by atoms with Crippen LogP contribution in [0.5, 0.6) is 0 Å². The molecule has 0 saturated carbocycles. The smallest absolute Gasteiger partial charge is 0.305 e. The fourth-order valence-corrected chi connectivity index (χ4v) is 2.54. The van der Waals surface area contributed by atoms with Gasteiger partial charge >= 0.3 is 5.97 Å². The molecule has 0 aromatic heterocycles. The van der Waals surface area contributed by atoms with E-state index in [9.17, 15) is 9.59 Å². The van der Waals surface area contributed by atoms with Crippen molar-refractivity contribution in [3.05, 3.63) is 29.8 Å². The van der Waals surface area contributed by atoms with Crippen molar-refractivity contribution in [2.75, 3.05) is 11.9 Å². The zero-order chi connectivity index (χ0) is 15.6. The van der Waals surface area contributed by atoms with Crippen LogP contribution in [0.25, 0.3) is 0 Å². The second-order valence-electron chi connectivity index (χ2n) is 6.55. The van der Waals surface area contributed by atoms with E-state index in [1.807, 2.05) is 45.0 Å². The third-order valence-corrected chi connectivity index (χ3v) is 3.89. The normalized spacial score (nSPS) is 18.5. The summed E-state index contributed by atoms with van der Waals surface area (Å²) in [4.78, 5) is 23.5. The third-order valence-electron chi connectivity index (χ3n) is 3.89. The number of carbonyl (C=O) groups excluding carboxylic acids is 1. The minimum Gasteiger partial charge on any atom is -0.481 e. The minimum atomic E-state index is -0.903. The number of hydrogen-bond acceptors (Lipinski definition) is 3. The second kappa shape index (κ2) is 5.76. The van der Waals surface area contributed by atoms with Crippen LogP contribution in [0.4, 0.5) is 5.69 Å². The maximum Gasteiger partial charge on any atom is 0.305 e. The van der Waals surface area contributed by atoms with Crippen molar-refractivity contribution in [1.82, 2.24) is 5.32 Å². The molecule has 2 atom stereocenters. The Hall–Kier alpha value is -2.04. The van der Waals surface area contributed by atoms with Gasteiger partial charge in [-0.2, -0.15) is 0 Å². The summed E-state index contributed by atoms with van der Waals surface area (Å²) in [5, 5.41) is 15.1. The topological polar surface area (TPSA) is 78.4 Å². The molecule has 1 aromatic rings. The van der Waals surface area contributed by atoms with Crippen molar-refractivity contribution in [1.29, 1.82) is 0 Å². The fraction of sp³-hybridized carbons (Fsp3) is 0.500. The number of para-hydroxylation sites is 1. The van der Waals surface area contributed by atoms with E-state index in [2.05, 4.69) is 10.6 Å². The standard InChI is InChI=1S/C16H22N2O3/c1-16(2,3)13(8-14(19)20)18-15(21)11-9-17-12-7-5-4-6-10(11)12/h4-7,11,13,17H,8-9H2,1-3H3,(H,18,21)(H,19,20). The van der Waals surface area contributed by atoms with Crippen LogP contribution in [0.1, 0.15) is 38.7 Å². The van der Waals surface area contributed by atoms with Gasteiger partial charge in [-0.15, -0.1) is 0 Å². The maximum atomic E-state index is 12.5. The number of carboxylic acids is 1. The highest BCUT2D eigenvalue weighted by molar-refractivity contribution is 5.88. The van der Waals surface area contributed by atoms with Gasteiger partial charge in [0.05, 0.1) is 12.3 Å². The first kappa shape index (κ1) is 15.4. The highest BCUT2D eigenvalue weighted by Gasteiger charge is 2.33. The molecule has 2 rings (SSSR count). The predicted octanol–water partition coefficient (Wildman–Crippen LogP) is 2.20. The van der Waals surface area contributed by atoms with Crippen molar-refractivity contribution < 1.29 is 14.7 Å². The number of nitrogens with one attached hydrogen (secondary N) is 2. The minimum absolute atomic E-state index is 0.0724. The molecule has 1 aromatic carbocycles. The van der Waals surface area contributed by atoms with Crippen LogP contribution in [-0.4, -0.2) is 29.6 Å². The van der Waals surface area contributed by atoms with Crippen LogP contribution in [0.3, 0.4) is 0 Å². The number of amides is 1. The molecule has 0 bridgehead atoms. The molecule has 0 spiro atoms. The summed E-state index contributed by atoms with van der Waals surface area (Å²) < 4.78 is 0. The van der Waals surface area contributed by atoms with Gasteiger partial charge in [0.25, 0.3) is 0 Å². The summed E-state index contributed by atoms with van der Waals surface area (Å²) in [5.41, 5.74) is 1.64. The first-order valence-corrected chi connectivity index (χ1v) is 7.14. The Morgan fingerprint density at radius 3 is 2.67 bits per heavy atom. The zero-order valence-electron chi connectivity index (χ0n) is 12.6. The molecular weight excluding hydrogens is 268 g/mol. The van der Waals surface area contributed by atoms with Crippen molar-refractivity contribution in [2.24, 2.45) is 5.41 Å². The SMILES string of the molecule is CC(C)(C)C(CC(=O)O)NC(=O)C1CNc2ccccc21. The Bertz CT molecular complexity index is 549. The lowest BCUT2D eigenvalue weighted by Crippen LogP contribution is -2.47. The maximum absolute atomic E-state index is 12.5. The van der Waals surface area contributed by atoms with E-state index in [0.717, 1.165) is 11.3 Å². The lowest BCUT2D eigenvalue weighted by Gasteiger charge is -2.31. The molecule has 0 aliphatic carbocycles. The molecule has 3 N–H and O–H groups in total. The molecule has 1 aliphatic rings. The fourth-order valence-electron chi connectivity index (χ4n) is 2.54. The molecule has 0 fully saturated rings. The highest BCUT2D eigenvalue weighted by Crippen LogP contribution is 2.32. The van der Waals surface area contributed by atoms with Gasteiger partial charge in [-0.25, -0.2) is 0 Å². The number of carbonyl (C=O) groups is 2. The number of anilines is 1. The Morgan fingerprint density at radius 2 is 2.05 bits per heavy atom. The van der Waals surface area contributed by atoms with E-state index in [1.54, 1.807) is 0 Å². The number of fused-ring (bicyclic) bond motifs is 1. The summed E-state index contributed by atoms with van der Waals surface area (Å²) >= 11 is 0. The number of carboxylic acid groups (broad SMARTS) is 1. The lowest BCUT2D eigenvalue weighted by atomic mass is 9.84. The molecule has 1 amide bonds. The monoisotopic (exact) mass is 290 g/mol. The molecule has 21 heavy (non-hydrogen) atoms. The van der Waals surface area contributed by atoms with E-state index >= 15 is 0 Å². The van der Waals surface area contributed by atoms with E-state index in [1.165, 1.54) is 0 Å². The molecule has 0 saturated heterocycles. The van der Waals surface area contributed by atoms with Gasteiger partial charge in [0.15, 0.2) is 0 Å². The lowest BCUT2D eigenvalue weighted by molar-refractivity contribution is -0.138. The van der Waals surface area contributed by atoms with E-state index in [4.69, 9.17) is 5.11 Å². The van der Waals surface area contributed by atoms with Crippen molar-refractivity contribution in [2.45, 2.75) is 39.2 Å². The van der Waals surface area contributed by atoms with Gasteiger partial charge in [0, 0.05) is 18.3 Å². The summed E-state index contributed by atoms with van der Waals surface area (Å²) in [5.74, 6) is -1.28. The van der Waals surface area contributed by atoms with E-state index in [0.29, 0.717) is 6.54 Å². The highest BCUT2D eigenvalue weighted by atomic mass is 16.4. The largest absolute Gasteiger partial charge is 0.481 e. The molecule has 5 nitrogen and oxygen atoms in total. The first-order chi connectivity index (χ1) is 9.79. The van der Waals surface area contributed by atoms with Crippen LogP contribution >= 0.6 is 0 Å². The van der Waals surface area contributed by atoms with Gasteiger partial charge in [-0.1, -0.05) is 39.0 Å². The number of rotatable bonds is 4. The molecule has 2 unspecified atom stereocenters. The van der Waals surface area contributed by atoms with Gasteiger partial charge < -0.3 is 15.7 Å². The van der Waals surface area contributed by atoms with Gasteiger partial charge in [-0.05, 0) is 17.0 Å². The van der Waals surface area contributed by atoms with Crippen LogP contribution in [-0.2, 0) is 9.59 Å². The quantitative estimate of drug-likeness (QED) is 0.794. The summed E-state index contributed by atoms with van der Waals surface area (Å²) in [6.45, 7) is 6.35. The second-order valence-corrected chi connectivity index (χ2v) is 6.55. The molecule has 0 radical (unpaired) electrons. The van der Waals surface area contributed by atoms with E-state index in [-0.39, 0.29) is 23.7 Å².